The first-order valence-electron chi connectivity index (χ1n) is 7.04. The molecule has 2 aromatic rings. The van der Waals surface area contributed by atoms with Gasteiger partial charge in [0.25, 0.3) is 0 Å². The second kappa shape index (κ2) is 7.01. The largest absolute Gasteiger partial charge is 0.389 e. The zero-order chi connectivity index (χ0) is 17.0. The molecule has 0 atom stereocenters. The number of aliphatic hydroxyl groups is 1. The molecule has 0 aliphatic carbocycles. The van der Waals surface area contributed by atoms with Crippen LogP contribution in [0.5, 0.6) is 0 Å². The van der Waals surface area contributed by atoms with Crippen LogP contribution in [0.2, 0.25) is 0 Å². The van der Waals surface area contributed by atoms with Crippen molar-refractivity contribution in [2.45, 2.75) is 25.9 Å². The van der Waals surface area contributed by atoms with E-state index in [9.17, 15) is 14.3 Å². The summed E-state index contributed by atoms with van der Waals surface area (Å²) in [5.74, 6) is -0.284. The van der Waals surface area contributed by atoms with Crippen molar-refractivity contribution in [1.29, 1.82) is 0 Å². The van der Waals surface area contributed by atoms with Gasteiger partial charge in [0.2, 0.25) is 5.13 Å². The lowest BCUT2D eigenvalue weighted by molar-refractivity contribution is 0.0550. The molecule has 23 heavy (non-hydrogen) atoms. The summed E-state index contributed by atoms with van der Waals surface area (Å²) in [5, 5.41) is 21.4. The van der Waals surface area contributed by atoms with Gasteiger partial charge < -0.3 is 10.0 Å². The zero-order valence-electron chi connectivity index (χ0n) is 13.2. The van der Waals surface area contributed by atoms with Gasteiger partial charge in [-0.05, 0) is 31.5 Å². The molecular weight excluding hydrogens is 319 g/mol. The van der Waals surface area contributed by atoms with E-state index in [1.807, 2.05) is 0 Å². The Kier molecular flexibility index (Phi) is 5.27. The molecule has 0 aliphatic rings. The lowest BCUT2D eigenvalue weighted by atomic mass is 10.1. The minimum atomic E-state index is -0.971. The highest BCUT2D eigenvalue weighted by Gasteiger charge is 2.20. The van der Waals surface area contributed by atoms with Gasteiger partial charge in [0, 0.05) is 13.5 Å². The van der Waals surface area contributed by atoms with Crippen LogP contribution in [0.3, 0.4) is 0 Å². The van der Waals surface area contributed by atoms with E-state index >= 15 is 0 Å². The van der Waals surface area contributed by atoms with Crippen LogP contribution in [0.4, 0.5) is 14.3 Å². The van der Waals surface area contributed by atoms with Crippen LogP contribution in [-0.4, -0.2) is 45.4 Å². The van der Waals surface area contributed by atoms with Crippen LogP contribution in [0.25, 0.3) is 0 Å². The molecule has 0 aliphatic heterocycles. The average molecular weight is 338 g/mol. The predicted molar refractivity (Wildman–Crippen MR) is 87.1 cm³/mol. The quantitative estimate of drug-likeness (QED) is 0.878. The number of aromatic nitrogens is 2. The predicted octanol–water partition coefficient (Wildman–Crippen LogP) is 2.50. The maximum atomic E-state index is 12.9. The van der Waals surface area contributed by atoms with Crippen molar-refractivity contribution in [3.63, 3.8) is 0 Å². The first-order valence-corrected chi connectivity index (χ1v) is 7.86. The number of hydrogen-bond acceptors (Lipinski definition) is 5. The molecule has 1 aromatic carbocycles. The summed E-state index contributed by atoms with van der Waals surface area (Å²) in [4.78, 5) is 13.4. The highest BCUT2D eigenvalue weighted by molar-refractivity contribution is 7.15. The number of amides is 2. The Morgan fingerprint density at radius 2 is 2.00 bits per heavy atom. The maximum Gasteiger partial charge on any atom is 0.323 e. The molecule has 1 aromatic heterocycles. The van der Waals surface area contributed by atoms with Gasteiger partial charge in [-0.2, -0.15) is 0 Å². The summed E-state index contributed by atoms with van der Waals surface area (Å²) in [5.41, 5.74) is -0.0550. The first-order chi connectivity index (χ1) is 10.7. The number of hydrogen-bond donors (Lipinski definition) is 2. The maximum absolute atomic E-state index is 12.9. The van der Waals surface area contributed by atoms with Crippen molar-refractivity contribution in [3.8, 4) is 0 Å². The van der Waals surface area contributed by atoms with Crippen molar-refractivity contribution in [3.05, 3.63) is 40.7 Å². The Hall–Kier alpha value is -2.06. The Morgan fingerprint density at radius 1 is 1.35 bits per heavy atom. The highest BCUT2D eigenvalue weighted by atomic mass is 32.1. The normalized spacial score (nSPS) is 11.3. The number of halogens is 1. The molecule has 0 unspecified atom stereocenters. The smallest absolute Gasteiger partial charge is 0.323 e. The minimum absolute atomic E-state index is 0.195. The molecule has 0 saturated carbocycles. The Labute approximate surface area is 138 Å². The number of likely N-dealkylation sites (N-methyl/N-ethyl adjacent to an activating group) is 1. The Balaban J connectivity index is 1.94. The highest BCUT2D eigenvalue weighted by Crippen LogP contribution is 2.19. The topological polar surface area (TPSA) is 78.4 Å². The molecule has 0 saturated heterocycles. The summed E-state index contributed by atoms with van der Waals surface area (Å²) in [6.07, 6.45) is 0.521. The Morgan fingerprint density at radius 3 is 2.61 bits per heavy atom. The molecule has 2 rings (SSSR count). The van der Waals surface area contributed by atoms with Gasteiger partial charge in [0.15, 0.2) is 0 Å². The van der Waals surface area contributed by atoms with Gasteiger partial charge in [-0.25, -0.2) is 9.18 Å². The second-order valence-corrected chi connectivity index (χ2v) is 6.96. The first kappa shape index (κ1) is 17.3. The third-order valence-electron chi connectivity index (χ3n) is 2.92. The number of nitrogens with zero attached hydrogens (tertiary/aromatic N) is 3. The molecule has 6 nitrogen and oxygen atoms in total. The molecular formula is C15H19FN4O2S. The fourth-order valence-electron chi connectivity index (χ4n) is 1.99. The fraction of sp³-hybridized carbons (Fsp3) is 0.400. The van der Waals surface area contributed by atoms with Crippen molar-refractivity contribution >= 4 is 22.5 Å². The number of benzene rings is 1. The lowest BCUT2D eigenvalue weighted by Gasteiger charge is -2.25. The number of carbonyl (C=O) groups is 1. The lowest BCUT2D eigenvalue weighted by Crippen LogP contribution is -2.41. The summed E-state index contributed by atoms with van der Waals surface area (Å²) in [7, 11) is 1.59. The van der Waals surface area contributed by atoms with Crippen LogP contribution in [0, 0.1) is 5.82 Å². The molecule has 2 amide bonds. The van der Waals surface area contributed by atoms with Crippen LogP contribution in [-0.2, 0) is 6.42 Å². The second-order valence-electron chi connectivity index (χ2n) is 5.90. The van der Waals surface area contributed by atoms with Gasteiger partial charge >= 0.3 is 6.03 Å². The van der Waals surface area contributed by atoms with E-state index in [-0.39, 0.29) is 18.4 Å². The summed E-state index contributed by atoms with van der Waals surface area (Å²) >= 11 is 1.26. The number of anilines is 1. The van der Waals surface area contributed by atoms with E-state index in [1.165, 1.54) is 28.4 Å². The average Bonchev–Trinajstić information content (AvgIpc) is 2.86. The van der Waals surface area contributed by atoms with Crippen LogP contribution < -0.4 is 5.32 Å². The molecule has 0 radical (unpaired) electrons. The molecule has 2 N–H and O–H groups in total. The third kappa shape index (κ3) is 5.57. The van der Waals surface area contributed by atoms with Gasteiger partial charge in [0.1, 0.15) is 10.8 Å². The molecule has 1 heterocycles. The van der Waals surface area contributed by atoms with Gasteiger partial charge in [0.05, 0.1) is 12.1 Å². The molecule has 0 bridgehead atoms. The molecule has 8 heteroatoms. The summed E-state index contributed by atoms with van der Waals surface area (Å²) in [6.45, 7) is 3.45. The van der Waals surface area contributed by atoms with Crippen molar-refractivity contribution in [1.82, 2.24) is 15.1 Å². The molecule has 0 spiro atoms. The summed E-state index contributed by atoms with van der Waals surface area (Å²) in [6, 6.07) is 5.80. The van der Waals surface area contributed by atoms with Crippen molar-refractivity contribution in [2.75, 3.05) is 18.9 Å². The standard InChI is InChI=1S/C15H19FN4O2S/c1-15(2,22)9-20(3)14(21)17-13-19-18-12(23-13)8-10-4-6-11(16)7-5-10/h4-7,22H,8-9H2,1-3H3,(H,17,19,21). The zero-order valence-corrected chi connectivity index (χ0v) is 14.0. The van der Waals surface area contributed by atoms with Crippen LogP contribution >= 0.6 is 11.3 Å². The van der Waals surface area contributed by atoms with Crippen LogP contribution in [0.15, 0.2) is 24.3 Å². The van der Waals surface area contributed by atoms with E-state index in [2.05, 4.69) is 15.5 Å². The summed E-state index contributed by atoms with van der Waals surface area (Å²) < 4.78 is 12.9. The van der Waals surface area contributed by atoms with Gasteiger partial charge in [-0.1, -0.05) is 23.5 Å². The fourth-order valence-corrected chi connectivity index (χ4v) is 2.76. The van der Waals surface area contributed by atoms with Gasteiger partial charge in [-0.3, -0.25) is 5.32 Å². The third-order valence-corrected chi connectivity index (χ3v) is 3.76. The molecule has 124 valence electrons. The molecule has 0 fully saturated rings. The van der Waals surface area contributed by atoms with E-state index in [0.29, 0.717) is 11.6 Å². The van der Waals surface area contributed by atoms with E-state index < -0.39 is 5.60 Å². The van der Waals surface area contributed by atoms with Crippen molar-refractivity contribution < 1.29 is 14.3 Å². The van der Waals surface area contributed by atoms with Crippen LogP contribution in [0.1, 0.15) is 24.4 Å². The monoisotopic (exact) mass is 338 g/mol. The van der Waals surface area contributed by atoms with E-state index in [0.717, 1.165) is 10.6 Å². The number of nitrogens with one attached hydrogen (secondary N) is 1. The number of urea groups is 1. The van der Waals surface area contributed by atoms with Crippen molar-refractivity contribution in [2.24, 2.45) is 0 Å². The van der Waals surface area contributed by atoms with E-state index in [1.54, 1.807) is 33.0 Å². The van der Waals surface area contributed by atoms with E-state index in [4.69, 9.17) is 0 Å². The Bertz CT molecular complexity index is 667. The number of rotatable bonds is 5. The van der Waals surface area contributed by atoms with Gasteiger partial charge in [-0.15, -0.1) is 10.2 Å². The minimum Gasteiger partial charge on any atom is -0.389 e. The SMILES string of the molecule is CN(CC(C)(C)O)C(=O)Nc1nnc(Cc2ccc(F)cc2)s1. The number of carbonyl (C=O) groups excluding carboxylic acids is 1.